The number of aliphatic hydroxyl groups is 4. The summed E-state index contributed by atoms with van der Waals surface area (Å²) in [6, 6.07) is 27.9. The van der Waals surface area contributed by atoms with Gasteiger partial charge in [0.05, 0.1) is 44.1 Å². The van der Waals surface area contributed by atoms with Crippen LogP contribution in [0.4, 0.5) is 17.1 Å². The van der Waals surface area contributed by atoms with E-state index >= 15 is 0 Å². The summed E-state index contributed by atoms with van der Waals surface area (Å²) in [5.41, 5.74) is 32.1. The molecule has 5 aromatic carbocycles. The highest BCUT2D eigenvalue weighted by atomic mass is 35.5. The first-order chi connectivity index (χ1) is 33.8. The third-order valence-electron chi connectivity index (χ3n) is 12.6. The third-order valence-corrected chi connectivity index (χ3v) is 13.1. The van der Waals surface area contributed by atoms with Crippen LogP contribution in [0, 0.1) is 45.7 Å². The molecular weight excluding hydrogens is 1010 g/mol. The van der Waals surface area contributed by atoms with Crippen molar-refractivity contribution < 1.29 is 87.0 Å². The van der Waals surface area contributed by atoms with Gasteiger partial charge in [-0.25, -0.2) is 8.42 Å². The Balaban J connectivity index is 0.000000195. The van der Waals surface area contributed by atoms with Crippen LogP contribution in [0.1, 0.15) is 85.8 Å². The van der Waals surface area contributed by atoms with Gasteiger partial charge in [-0.1, -0.05) is 66.7 Å². The second kappa shape index (κ2) is 25.3. The SMILES string of the molecule is N[C@@H]1c2cc([N+](=O)[O-])ccc2C[C@@H]1O.N[C@@H]1c2ccccc2C[C@@H]1O.O=[N+]([O-])[O-].[Cl-].[NH3+][C@@H]1c2cc([N+](=O)[O-])ccc2C[C@@H]1O.[NH3+][C@@H]1c2cc([N+](=O)[O-])ccc2C[C@@H]1OS(=O)(=O)[O-].[NH3+][C@@H]1c2ccccc2C[C@@H]1O. The van der Waals surface area contributed by atoms with E-state index in [1.165, 1.54) is 59.2 Å². The van der Waals surface area contributed by atoms with Crippen LogP contribution in [0.15, 0.2) is 103 Å². The van der Waals surface area contributed by atoms with Gasteiger partial charge >= 0.3 is 0 Å². The van der Waals surface area contributed by atoms with Crippen molar-refractivity contribution in [1.29, 1.82) is 0 Å². The Labute approximate surface area is 421 Å². The Morgan fingerprint density at radius 1 is 0.479 bits per heavy atom. The summed E-state index contributed by atoms with van der Waals surface area (Å²) < 4.78 is 36.0. The monoisotopic (exact) mass is 1060 g/mol. The predicted molar refractivity (Wildman–Crippen MR) is 250 cm³/mol. The lowest BCUT2D eigenvalue weighted by atomic mass is 10.1. The summed E-state index contributed by atoms with van der Waals surface area (Å²) in [5, 5.41) is 84.2. The van der Waals surface area contributed by atoms with E-state index in [-0.39, 0.29) is 66.2 Å². The fourth-order valence-corrected chi connectivity index (χ4v) is 9.36. The number of nitrogens with zero attached hydrogens (tertiary/aromatic N) is 4. The molecule has 0 unspecified atom stereocenters. The van der Waals surface area contributed by atoms with Gasteiger partial charge in [0.1, 0.15) is 36.4 Å². The summed E-state index contributed by atoms with van der Waals surface area (Å²) in [7, 11) is -4.81. The van der Waals surface area contributed by atoms with E-state index in [1.54, 1.807) is 12.1 Å². The second-order valence-corrected chi connectivity index (χ2v) is 18.3. The van der Waals surface area contributed by atoms with E-state index < -0.39 is 60.7 Å². The number of hydrogen-bond donors (Lipinski definition) is 9. The van der Waals surface area contributed by atoms with Gasteiger partial charge in [-0.15, -0.1) is 0 Å². The van der Waals surface area contributed by atoms with Crippen molar-refractivity contribution in [3.8, 4) is 0 Å². The first-order valence-electron chi connectivity index (χ1n) is 21.9. The lowest BCUT2D eigenvalue weighted by Crippen LogP contribution is -3.00. The molecule has 0 heterocycles. The van der Waals surface area contributed by atoms with E-state index in [1.807, 2.05) is 42.5 Å². The normalized spacial score (nSPS) is 24.0. The van der Waals surface area contributed by atoms with Crippen LogP contribution in [-0.4, -0.2) is 83.8 Å². The zero-order valence-corrected chi connectivity index (χ0v) is 40.1. The molecule has 28 heteroatoms. The Kier molecular flexibility index (Phi) is 20.4. The van der Waals surface area contributed by atoms with Crippen LogP contribution in [0.2, 0.25) is 0 Å². The van der Waals surface area contributed by atoms with Gasteiger partial charge in [0.2, 0.25) is 10.4 Å². The number of non-ortho nitro benzene ring substituents is 3. The molecule has 0 aliphatic heterocycles. The number of quaternary nitrogens is 3. The first-order valence-corrected chi connectivity index (χ1v) is 23.3. The number of fused-ring (bicyclic) bond motifs is 5. The van der Waals surface area contributed by atoms with E-state index in [4.69, 9.17) is 26.8 Å². The third kappa shape index (κ3) is 15.2. The number of benzene rings is 5. The highest BCUT2D eigenvalue weighted by molar-refractivity contribution is 7.80. The van der Waals surface area contributed by atoms with Gasteiger partial charge in [0.25, 0.3) is 17.1 Å². The molecule has 10 atom stereocenters. The molecule has 17 N–H and O–H groups in total. The number of hydrogen-bond acceptors (Lipinski definition) is 19. The number of rotatable bonds is 5. The molecule has 394 valence electrons. The molecule has 0 saturated carbocycles. The van der Waals surface area contributed by atoms with Crippen molar-refractivity contribution in [3.05, 3.63) is 204 Å². The number of halogens is 1. The average Bonchev–Trinajstić information content (AvgIpc) is 4.07. The molecule has 0 spiro atoms. The molecule has 10 rings (SSSR count). The molecule has 0 bridgehead atoms. The Morgan fingerprint density at radius 2 is 0.795 bits per heavy atom. The van der Waals surface area contributed by atoms with Crippen molar-refractivity contribution in [2.24, 2.45) is 11.5 Å². The lowest BCUT2D eigenvalue weighted by Gasteiger charge is -2.15. The Bertz CT molecular complexity index is 2770. The van der Waals surface area contributed by atoms with Gasteiger partial charge in [0, 0.05) is 85.2 Å². The molecular formula is C45H54ClN9O17S. The van der Waals surface area contributed by atoms with Crippen molar-refractivity contribution in [2.45, 2.75) is 92.8 Å². The van der Waals surface area contributed by atoms with Crippen LogP contribution >= 0.6 is 0 Å². The Hall–Kier alpha value is -6.70. The number of aliphatic hydroxyl groups excluding tert-OH is 4. The molecule has 5 aliphatic rings. The van der Waals surface area contributed by atoms with Gasteiger partial charge in [-0.3, -0.25) is 34.5 Å². The summed E-state index contributed by atoms with van der Waals surface area (Å²) in [4.78, 5) is 38.4. The van der Waals surface area contributed by atoms with Crippen molar-refractivity contribution >= 4 is 27.5 Å². The molecule has 0 amide bonds. The zero-order chi connectivity index (χ0) is 53.4. The largest absolute Gasteiger partial charge is 1.00 e. The lowest BCUT2D eigenvalue weighted by molar-refractivity contribution is -0.441. The van der Waals surface area contributed by atoms with Gasteiger partial charge in [-0.05, 0) is 38.9 Å². The minimum Gasteiger partial charge on any atom is -1.00 e. The fraction of sp³-hybridized carbons (Fsp3) is 0.333. The molecule has 0 radical (unpaired) electrons. The quantitative estimate of drug-likeness (QED) is 0.0363. The standard InChI is InChI=1S/C9H10N2O6S.2C9H10N2O3.2C9H11NO.ClH.NO3/c10-9-7-4-6(11(12)13)2-1-5(7)3-8(9)17-18(14,15)16;2*10-9-7-4-6(11(13)14)2-1-5(7)3-8(9)12;2*10-9-7-4-2-1-3-6(7)5-8(9)11;;2-1(3)4/h1-2,4,8-9H,3,10H2,(H,14,15,16);2*1-2,4,8-9,12H,3,10H2;2*1-4,8-9,11H,5,10H2;1H;/q;;;;;;-1/p+1/t5*8-,9+;;/m00000../s1. The zero-order valence-electron chi connectivity index (χ0n) is 38.6. The van der Waals surface area contributed by atoms with E-state index in [9.17, 15) is 63.7 Å². The highest BCUT2D eigenvalue weighted by Gasteiger charge is 2.37. The molecule has 5 aromatic rings. The summed E-state index contributed by atoms with van der Waals surface area (Å²) >= 11 is 0. The topological polar surface area (TPSA) is 478 Å². The maximum Gasteiger partial charge on any atom is 0.269 e. The van der Waals surface area contributed by atoms with Gasteiger partial charge < -0.3 is 81.4 Å². The van der Waals surface area contributed by atoms with Crippen molar-refractivity contribution in [2.75, 3.05) is 0 Å². The average molecular weight is 1060 g/mol. The van der Waals surface area contributed by atoms with Crippen molar-refractivity contribution in [3.63, 3.8) is 0 Å². The minimum atomic E-state index is -4.81. The van der Waals surface area contributed by atoms with Gasteiger partial charge in [-0.2, -0.15) is 0 Å². The maximum absolute atomic E-state index is 10.6. The smallest absolute Gasteiger partial charge is 0.269 e. The number of nitro groups is 3. The predicted octanol–water partition coefficient (Wildman–Crippen LogP) is -3.16. The van der Waals surface area contributed by atoms with Crippen molar-refractivity contribution in [1.82, 2.24) is 0 Å². The fourth-order valence-electron chi connectivity index (χ4n) is 8.85. The van der Waals surface area contributed by atoms with E-state index in [2.05, 4.69) is 27.5 Å². The summed E-state index contributed by atoms with van der Waals surface area (Å²) in [5.74, 6) is 0. The van der Waals surface area contributed by atoms with Crippen LogP contribution in [0.25, 0.3) is 0 Å². The summed E-state index contributed by atoms with van der Waals surface area (Å²) in [6.07, 6.45) is 0.0176. The van der Waals surface area contributed by atoms with E-state index in [0.29, 0.717) is 36.0 Å². The minimum absolute atomic E-state index is 0. The molecule has 0 saturated heterocycles. The second-order valence-electron chi connectivity index (χ2n) is 17.2. The molecule has 0 fully saturated rings. The number of nitro benzene ring substituents is 3. The Morgan fingerprint density at radius 3 is 1.21 bits per heavy atom. The first kappa shape index (κ1) is 58.9. The highest BCUT2D eigenvalue weighted by Crippen LogP contribution is 2.35. The van der Waals surface area contributed by atoms with Gasteiger partial charge in [0.15, 0.2) is 0 Å². The molecule has 0 aromatic heterocycles. The molecule has 73 heavy (non-hydrogen) atoms. The van der Waals surface area contributed by atoms with Crippen LogP contribution in [0.3, 0.4) is 0 Å². The van der Waals surface area contributed by atoms with Crippen LogP contribution in [-0.2, 0) is 46.7 Å². The molecule has 26 nitrogen and oxygen atoms in total. The molecule has 5 aliphatic carbocycles. The maximum atomic E-state index is 10.6. The summed E-state index contributed by atoms with van der Waals surface area (Å²) in [6.45, 7) is 0. The van der Waals surface area contributed by atoms with E-state index in [0.717, 1.165) is 28.7 Å². The van der Waals surface area contributed by atoms with Crippen LogP contribution in [0.5, 0.6) is 0 Å². The van der Waals surface area contributed by atoms with Crippen LogP contribution < -0.4 is 41.1 Å². The number of nitrogens with two attached hydrogens (primary N) is 2.